The largest absolute Gasteiger partial charge is 0.397 e. The summed E-state index contributed by atoms with van der Waals surface area (Å²) in [5.41, 5.74) is 16.9. The topological polar surface area (TPSA) is 77.8 Å². The molecule has 0 aliphatic rings. The van der Waals surface area contributed by atoms with Gasteiger partial charge in [0.15, 0.2) is 0 Å². The van der Waals surface area contributed by atoms with Gasteiger partial charge in [-0.3, -0.25) is 9.97 Å². The maximum atomic E-state index is 14.4. The van der Waals surface area contributed by atoms with Crippen LogP contribution in [-0.4, -0.2) is 9.97 Å². The van der Waals surface area contributed by atoms with Gasteiger partial charge in [-0.25, -0.2) is 4.39 Å². The standard InChI is InChI=1S/C17H23FN4/c1-5-14-17(20)12(7-10(3)22-14)6-9(2)15-13(19)8-21-11(4)16(15)18/h7-9H,5-6,19-20H2,1-4H3. The van der Waals surface area contributed by atoms with Crippen molar-refractivity contribution in [2.24, 2.45) is 0 Å². The van der Waals surface area contributed by atoms with Gasteiger partial charge in [-0.2, -0.15) is 0 Å². The number of rotatable bonds is 4. The number of nitrogens with two attached hydrogens (primary N) is 2. The van der Waals surface area contributed by atoms with Crippen molar-refractivity contribution in [3.05, 3.63) is 46.3 Å². The van der Waals surface area contributed by atoms with Gasteiger partial charge in [0.2, 0.25) is 0 Å². The molecular weight excluding hydrogens is 279 g/mol. The predicted octanol–water partition coefficient (Wildman–Crippen LogP) is 3.31. The molecule has 2 heterocycles. The van der Waals surface area contributed by atoms with Crippen molar-refractivity contribution in [3.63, 3.8) is 0 Å². The zero-order chi connectivity index (χ0) is 16.4. The maximum absolute atomic E-state index is 14.4. The molecular formula is C17H23FN4. The predicted molar refractivity (Wildman–Crippen MR) is 88.2 cm³/mol. The molecule has 0 aliphatic heterocycles. The second-order valence-electron chi connectivity index (χ2n) is 5.77. The highest BCUT2D eigenvalue weighted by atomic mass is 19.1. The van der Waals surface area contributed by atoms with Crippen LogP contribution in [0.15, 0.2) is 12.3 Å². The lowest BCUT2D eigenvalue weighted by Crippen LogP contribution is -2.11. The Morgan fingerprint density at radius 3 is 2.59 bits per heavy atom. The van der Waals surface area contributed by atoms with Crippen LogP contribution < -0.4 is 11.5 Å². The molecule has 1 atom stereocenters. The van der Waals surface area contributed by atoms with Gasteiger partial charge in [0.05, 0.1) is 29.0 Å². The van der Waals surface area contributed by atoms with Crippen LogP contribution in [0.5, 0.6) is 0 Å². The minimum absolute atomic E-state index is 0.0875. The summed E-state index contributed by atoms with van der Waals surface area (Å²) in [6.45, 7) is 7.56. The van der Waals surface area contributed by atoms with E-state index in [-0.39, 0.29) is 11.7 Å². The van der Waals surface area contributed by atoms with Crippen molar-refractivity contribution in [2.75, 3.05) is 11.5 Å². The fourth-order valence-corrected chi connectivity index (χ4v) is 2.81. The van der Waals surface area contributed by atoms with Gasteiger partial charge in [0.1, 0.15) is 5.82 Å². The minimum atomic E-state index is -0.326. The normalized spacial score (nSPS) is 12.4. The summed E-state index contributed by atoms with van der Waals surface area (Å²) in [7, 11) is 0. The van der Waals surface area contributed by atoms with E-state index in [4.69, 9.17) is 11.5 Å². The van der Waals surface area contributed by atoms with Crippen LogP contribution in [0.4, 0.5) is 15.8 Å². The minimum Gasteiger partial charge on any atom is -0.397 e. The third kappa shape index (κ3) is 3.03. The Kier molecular flexibility index (Phi) is 4.64. The third-order valence-electron chi connectivity index (χ3n) is 3.97. The van der Waals surface area contributed by atoms with Crippen LogP contribution in [0.3, 0.4) is 0 Å². The molecule has 0 spiro atoms. The van der Waals surface area contributed by atoms with E-state index in [0.29, 0.717) is 29.1 Å². The van der Waals surface area contributed by atoms with Crippen LogP contribution >= 0.6 is 0 Å². The van der Waals surface area contributed by atoms with E-state index in [0.717, 1.165) is 23.4 Å². The number of pyridine rings is 2. The number of halogens is 1. The molecule has 0 amide bonds. The summed E-state index contributed by atoms with van der Waals surface area (Å²) in [5.74, 6) is -0.414. The third-order valence-corrected chi connectivity index (χ3v) is 3.97. The Bertz CT molecular complexity index is 698. The van der Waals surface area contributed by atoms with E-state index < -0.39 is 0 Å². The zero-order valence-corrected chi connectivity index (χ0v) is 13.6. The Hall–Kier alpha value is -2.17. The van der Waals surface area contributed by atoms with E-state index >= 15 is 0 Å². The summed E-state index contributed by atoms with van der Waals surface area (Å²) in [5, 5.41) is 0. The average molecular weight is 302 g/mol. The van der Waals surface area contributed by atoms with Gasteiger partial charge in [0.25, 0.3) is 0 Å². The molecule has 0 aromatic carbocycles. The van der Waals surface area contributed by atoms with Crippen LogP contribution in [0.1, 0.15) is 48.0 Å². The molecule has 0 saturated carbocycles. The fraction of sp³-hybridized carbons (Fsp3) is 0.412. The fourth-order valence-electron chi connectivity index (χ4n) is 2.81. The second kappa shape index (κ2) is 6.30. The quantitative estimate of drug-likeness (QED) is 0.908. The monoisotopic (exact) mass is 302 g/mol. The number of nitrogens with zero attached hydrogens (tertiary/aromatic N) is 2. The van der Waals surface area contributed by atoms with Gasteiger partial charge < -0.3 is 11.5 Å². The smallest absolute Gasteiger partial charge is 0.149 e. The summed E-state index contributed by atoms with van der Waals surface area (Å²) in [6.07, 6.45) is 2.91. The lowest BCUT2D eigenvalue weighted by molar-refractivity contribution is 0.573. The Labute approximate surface area is 130 Å². The average Bonchev–Trinajstić information content (AvgIpc) is 2.46. The first-order chi connectivity index (χ1) is 10.3. The first kappa shape index (κ1) is 16.2. The van der Waals surface area contributed by atoms with Crippen molar-refractivity contribution in [1.82, 2.24) is 9.97 Å². The molecule has 2 aromatic rings. The van der Waals surface area contributed by atoms with E-state index in [1.165, 1.54) is 6.20 Å². The van der Waals surface area contributed by atoms with E-state index in [9.17, 15) is 4.39 Å². The van der Waals surface area contributed by atoms with E-state index in [1.807, 2.05) is 26.8 Å². The van der Waals surface area contributed by atoms with Crippen molar-refractivity contribution in [2.45, 2.75) is 46.5 Å². The molecule has 0 aliphatic carbocycles. The molecule has 0 saturated heterocycles. The molecule has 0 fully saturated rings. The summed E-state index contributed by atoms with van der Waals surface area (Å²) in [6, 6.07) is 1.97. The van der Waals surface area contributed by atoms with Crippen molar-refractivity contribution in [1.29, 1.82) is 0 Å². The van der Waals surface area contributed by atoms with Gasteiger partial charge in [-0.05, 0) is 44.2 Å². The number of hydrogen-bond acceptors (Lipinski definition) is 4. The van der Waals surface area contributed by atoms with E-state index in [1.54, 1.807) is 6.92 Å². The molecule has 2 aromatic heterocycles. The highest BCUT2D eigenvalue weighted by Gasteiger charge is 2.19. The molecule has 118 valence electrons. The summed E-state index contributed by atoms with van der Waals surface area (Å²) < 4.78 is 14.4. The highest BCUT2D eigenvalue weighted by molar-refractivity contribution is 5.54. The summed E-state index contributed by atoms with van der Waals surface area (Å²) >= 11 is 0. The number of hydrogen-bond donors (Lipinski definition) is 2. The lowest BCUT2D eigenvalue weighted by Gasteiger charge is -2.18. The lowest BCUT2D eigenvalue weighted by atomic mass is 9.91. The molecule has 22 heavy (non-hydrogen) atoms. The van der Waals surface area contributed by atoms with Crippen molar-refractivity contribution >= 4 is 11.4 Å². The molecule has 0 bridgehead atoms. The molecule has 0 radical (unpaired) electrons. The van der Waals surface area contributed by atoms with Gasteiger partial charge in [-0.15, -0.1) is 0 Å². The second-order valence-corrected chi connectivity index (χ2v) is 5.77. The van der Waals surface area contributed by atoms with Crippen LogP contribution in [0.25, 0.3) is 0 Å². The van der Waals surface area contributed by atoms with Crippen molar-refractivity contribution < 1.29 is 4.39 Å². The SMILES string of the molecule is CCc1nc(C)cc(CC(C)c2c(N)cnc(C)c2F)c1N. The van der Waals surface area contributed by atoms with Crippen LogP contribution in [-0.2, 0) is 12.8 Å². The van der Waals surface area contributed by atoms with Crippen LogP contribution in [0.2, 0.25) is 0 Å². The van der Waals surface area contributed by atoms with E-state index in [2.05, 4.69) is 9.97 Å². The van der Waals surface area contributed by atoms with Crippen molar-refractivity contribution in [3.8, 4) is 0 Å². The Morgan fingerprint density at radius 1 is 1.27 bits per heavy atom. The number of nitrogen functional groups attached to an aromatic ring is 2. The zero-order valence-electron chi connectivity index (χ0n) is 13.6. The highest BCUT2D eigenvalue weighted by Crippen LogP contribution is 2.31. The van der Waals surface area contributed by atoms with Gasteiger partial charge in [-0.1, -0.05) is 13.8 Å². The molecule has 4 N–H and O–H groups in total. The number of aromatic nitrogens is 2. The number of aryl methyl sites for hydroxylation is 3. The Morgan fingerprint density at radius 2 is 1.95 bits per heavy atom. The molecule has 5 heteroatoms. The molecule has 4 nitrogen and oxygen atoms in total. The Balaban J connectivity index is 2.40. The molecule has 1 unspecified atom stereocenters. The summed E-state index contributed by atoms with van der Waals surface area (Å²) in [4.78, 5) is 8.40. The number of anilines is 2. The first-order valence-corrected chi connectivity index (χ1v) is 7.50. The molecule has 2 rings (SSSR count). The maximum Gasteiger partial charge on any atom is 0.149 e. The van der Waals surface area contributed by atoms with Crippen LogP contribution in [0, 0.1) is 19.7 Å². The first-order valence-electron chi connectivity index (χ1n) is 7.50. The van der Waals surface area contributed by atoms with Gasteiger partial charge >= 0.3 is 0 Å². The van der Waals surface area contributed by atoms with Gasteiger partial charge in [0, 0.05) is 11.3 Å².